The van der Waals surface area contributed by atoms with Crippen LogP contribution in [0.5, 0.6) is 0 Å². The molecule has 0 amide bonds. The van der Waals surface area contributed by atoms with Crippen LogP contribution in [0.15, 0.2) is 0 Å². The second-order valence-corrected chi connectivity index (χ2v) is 5.92. The van der Waals surface area contributed by atoms with E-state index in [1.54, 1.807) is 0 Å². The van der Waals surface area contributed by atoms with E-state index in [-0.39, 0.29) is 5.54 Å². The van der Waals surface area contributed by atoms with Gasteiger partial charge in [0, 0.05) is 25.2 Å². The predicted molar refractivity (Wildman–Crippen MR) is 66.3 cm³/mol. The van der Waals surface area contributed by atoms with Crippen molar-refractivity contribution in [1.82, 2.24) is 4.90 Å². The van der Waals surface area contributed by atoms with Crippen LogP contribution in [0.25, 0.3) is 0 Å². The van der Waals surface area contributed by atoms with Gasteiger partial charge in [-0.2, -0.15) is 0 Å². The standard InChI is InChI=1S/C13H26N2O/c1-10-6-12(10)8-15(3)13(9-14)4-5-16-11(2)7-13/h10-12H,4-9,14H2,1-3H3. The van der Waals surface area contributed by atoms with Gasteiger partial charge < -0.3 is 10.5 Å². The lowest BCUT2D eigenvalue weighted by molar-refractivity contribution is -0.0572. The molecular formula is C13H26N2O. The molecule has 2 rings (SSSR count). The number of hydrogen-bond acceptors (Lipinski definition) is 3. The van der Waals surface area contributed by atoms with Crippen molar-refractivity contribution in [2.24, 2.45) is 17.6 Å². The molecule has 0 radical (unpaired) electrons. The topological polar surface area (TPSA) is 38.5 Å². The van der Waals surface area contributed by atoms with Gasteiger partial charge in [-0.1, -0.05) is 6.92 Å². The number of rotatable bonds is 4. The summed E-state index contributed by atoms with van der Waals surface area (Å²) in [5.41, 5.74) is 6.23. The summed E-state index contributed by atoms with van der Waals surface area (Å²) >= 11 is 0. The van der Waals surface area contributed by atoms with Gasteiger partial charge in [0.25, 0.3) is 0 Å². The van der Waals surface area contributed by atoms with Gasteiger partial charge in [0.2, 0.25) is 0 Å². The van der Waals surface area contributed by atoms with Crippen LogP contribution >= 0.6 is 0 Å². The molecule has 0 aromatic rings. The second-order valence-electron chi connectivity index (χ2n) is 5.92. The van der Waals surface area contributed by atoms with E-state index >= 15 is 0 Å². The maximum Gasteiger partial charge on any atom is 0.0565 e. The lowest BCUT2D eigenvalue weighted by atomic mass is 9.85. The molecule has 2 fully saturated rings. The third kappa shape index (κ3) is 2.41. The summed E-state index contributed by atoms with van der Waals surface area (Å²) in [6.45, 7) is 7.35. The van der Waals surface area contributed by atoms with Crippen LogP contribution in [0.1, 0.15) is 33.1 Å². The van der Waals surface area contributed by atoms with Crippen molar-refractivity contribution in [1.29, 1.82) is 0 Å². The van der Waals surface area contributed by atoms with Crippen molar-refractivity contribution in [2.45, 2.75) is 44.8 Å². The van der Waals surface area contributed by atoms with Gasteiger partial charge in [-0.25, -0.2) is 0 Å². The molecule has 3 nitrogen and oxygen atoms in total. The van der Waals surface area contributed by atoms with E-state index in [0.29, 0.717) is 6.10 Å². The van der Waals surface area contributed by atoms with Crippen molar-refractivity contribution >= 4 is 0 Å². The van der Waals surface area contributed by atoms with Crippen molar-refractivity contribution < 1.29 is 4.74 Å². The fourth-order valence-corrected chi connectivity index (χ4v) is 3.03. The van der Waals surface area contributed by atoms with Gasteiger partial charge in [0.05, 0.1) is 6.10 Å². The normalized spacial score (nSPS) is 43.7. The number of hydrogen-bond donors (Lipinski definition) is 1. The SMILES string of the molecule is CC1CC(CN)(N(C)CC2CC2C)CCO1. The molecule has 0 spiro atoms. The number of ether oxygens (including phenoxy) is 1. The van der Waals surface area contributed by atoms with Crippen LogP contribution in [0.2, 0.25) is 0 Å². The van der Waals surface area contributed by atoms with Crippen molar-refractivity contribution in [2.75, 3.05) is 26.7 Å². The Balaban J connectivity index is 1.95. The maximum atomic E-state index is 6.03. The highest BCUT2D eigenvalue weighted by molar-refractivity contribution is 4.97. The Kier molecular flexibility index (Phi) is 3.57. The molecule has 1 saturated heterocycles. The zero-order chi connectivity index (χ0) is 11.8. The first-order valence-electron chi connectivity index (χ1n) is 6.60. The summed E-state index contributed by atoms with van der Waals surface area (Å²) in [5.74, 6) is 1.83. The molecule has 4 unspecified atom stereocenters. The largest absolute Gasteiger partial charge is 0.378 e. The number of nitrogens with two attached hydrogens (primary N) is 1. The molecule has 0 aromatic heterocycles. The summed E-state index contributed by atoms with van der Waals surface area (Å²) in [4.78, 5) is 2.51. The third-order valence-electron chi connectivity index (χ3n) is 4.61. The average Bonchev–Trinajstić information content (AvgIpc) is 2.94. The third-order valence-corrected chi connectivity index (χ3v) is 4.61. The monoisotopic (exact) mass is 226 g/mol. The van der Waals surface area contributed by atoms with E-state index in [0.717, 1.165) is 37.8 Å². The van der Waals surface area contributed by atoms with E-state index in [4.69, 9.17) is 10.5 Å². The molecular weight excluding hydrogens is 200 g/mol. The van der Waals surface area contributed by atoms with E-state index in [2.05, 4.69) is 25.8 Å². The smallest absolute Gasteiger partial charge is 0.0565 e. The Morgan fingerprint density at radius 1 is 1.44 bits per heavy atom. The Bertz CT molecular complexity index is 246. The minimum atomic E-state index is 0.194. The van der Waals surface area contributed by atoms with Crippen LogP contribution in [0.3, 0.4) is 0 Å². The van der Waals surface area contributed by atoms with Crippen LogP contribution < -0.4 is 5.73 Å². The first-order chi connectivity index (χ1) is 7.57. The van der Waals surface area contributed by atoms with Crippen LogP contribution in [-0.2, 0) is 4.74 Å². The Morgan fingerprint density at radius 3 is 2.62 bits per heavy atom. The Hall–Kier alpha value is -0.120. The molecule has 2 N–H and O–H groups in total. The first kappa shape index (κ1) is 12.3. The van der Waals surface area contributed by atoms with Gasteiger partial charge in [-0.3, -0.25) is 4.90 Å². The van der Waals surface area contributed by atoms with Gasteiger partial charge in [0.1, 0.15) is 0 Å². The highest BCUT2D eigenvalue weighted by Gasteiger charge is 2.41. The minimum Gasteiger partial charge on any atom is -0.378 e. The number of nitrogens with zero attached hydrogens (tertiary/aromatic N) is 1. The summed E-state index contributed by atoms with van der Waals surface area (Å²) in [5, 5.41) is 0. The minimum absolute atomic E-state index is 0.194. The molecule has 3 heteroatoms. The van der Waals surface area contributed by atoms with Gasteiger partial charge >= 0.3 is 0 Å². The van der Waals surface area contributed by atoms with E-state index < -0.39 is 0 Å². The van der Waals surface area contributed by atoms with E-state index in [1.807, 2.05) is 0 Å². The summed E-state index contributed by atoms with van der Waals surface area (Å²) in [6.07, 6.45) is 3.93. The van der Waals surface area contributed by atoms with Crippen LogP contribution in [-0.4, -0.2) is 43.3 Å². The van der Waals surface area contributed by atoms with Gasteiger partial charge in [-0.05, 0) is 45.1 Å². The quantitative estimate of drug-likeness (QED) is 0.789. The molecule has 2 aliphatic rings. The maximum absolute atomic E-state index is 6.03. The average molecular weight is 226 g/mol. The number of likely N-dealkylation sites (N-methyl/N-ethyl adjacent to an activating group) is 1. The zero-order valence-electron chi connectivity index (χ0n) is 10.9. The first-order valence-corrected chi connectivity index (χ1v) is 6.60. The molecule has 1 heterocycles. The molecule has 1 saturated carbocycles. The lowest BCUT2D eigenvalue weighted by Crippen LogP contribution is -2.57. The van der Waals surface area contributed by atoms with Crippen molar-refractivity contribution in [3.8, 4) is 0 Å². The van der Waals surface area contributed by atoms with Crippen LogP contribution in [0.4, 0.5) is 0 Å². The molecule has 16 heavy (non-hydrogen) atoms. The fourth-order valence-electron chi connectivity index (χ4n) is 3.03. The Labute approximate surface area is 99.3 Å². The fraction of sp³-hybridized carbons (Fsp3) is 1.00. The van der Waals surface area contributed by atoms with Crippen molar-refractivity contribution in [3.63, 3.8) is 0 Å². The van der Waals surface area contributed by atoms with Gasteiger partial charge in [0.15, 0.2) is 0 Å². The molecule has 4 atom stereocenters. The van der Waals surface area contributed by atoms with Gasteiger partial charge in [-0.15, -0.1) is 0 Å². The highest BCUT2D eigenvalue weighted by Crippen LogP contribution is 2.40. The van der Waals surface area contributed by atoms with Crippen molar-refractivity contribution in [3.05, 3.63) is 0 Å². The molecule has 94 valence electrons. The molecule has 0 bridgehead atoms. The molecule has 1 aliphatic carbocycles. The highest BCUT2D eigenvalue weighted by atomic mass is 16.5. The summed E-state index contributed by atoms with van der Waals surface area (Å²) in [6, 6.07) is 0. The summed E-state index contributed by atoms with van der Waals surface area (Å²) in [7, 11) is 2.25. The predicted octanol–water partition coefficient (Wildman–Crippen LogP) is 1.47. The zero-order valence-corrected chi connectivity index (χ0v) is 10.9. The summed E-state index contributed by atoms with van der Waals surface area (Å²) < 4.78 is 5.64. The van der Waals surface area contributed by atoms with E-state index in [9.17, 15) is 0 Å². The second kappa shape index (κ2) is 4.63. The Morgan fingerprint density at radius 2 is 2.12 bits per heavy atom. The molecule has 1 aliphatic heterocycles. The van der Waals surface area contributed by atoms with Crippen LogP contribution in [0, 0.1) is 11.8 Å². The molecule has 0 aromatic carbocycles. The van der Waals surface area contributed by atoms with E-state index in [1.165, 1.54) is 13.0 Å². The lowest BCUT2D eigenvalue weighted by Gasteiger charge is -2.46.